The van der Waals surface area contributed by atoms with E-state index in [1.807, 2.05) is 67.6 Å². The smallest absolute Gasteiger partial charge is 0.226 e. The van der Waals surface area contributed by atoms with Crippen molar-refractivity contribution >= 4 is 35.1 Å². The van der Waals surface area contributed by atoms with E-state index in [1.54, 1.807) is 16.4 Å². The highest BCUT2D eigenvalue weighted by Gasteiger charge is 2.10. The van der Waals surface area contributed by atoms with Crippen LogP contribution in [0.2, 0.25) is 5.02 Å². The minimum Gasteiger partial charge on any atom is -0.311 e. The number of para-hydroxylation sites is 1. The Bertz CT molecular complexity index is 847. The van der Waals surface area contributed by atoms with Gasteiger partial charge in [-0.3, -0.25) is 4.79 Å². The van der Waals surface area contributed by atoms with Gasteiger partial charge in [0.1, 0.15) is 5.82 Å². The van der Waals surface area contributed by atoms with Crippen LogP contribution in [0.15, 0.2) is 65.6 Å². The molecule has 128 valence electrons. The van der Waals surface area contributed by atoms with Gasteiger partial charge in [0, 0.05) is 28.2 Å². The molecule has 2 aromatic carbocycles. The van der Waals surface area contributed by atoms with Crippen molar-refractivity contribution in [1.82, 2.24) is 9.78 Å². The number of carbonyl (C=O) groups excluding carboxylic acids is 1. The lowest BCUT2D eigenvalue weighted by molar-refractivity contribution is -0.115. The van der Waals surface area contributed by atoms with E-state index in [0.29, 0.717) is 23.0 Å². The number of nitrogens with one attached hydrogen (secondary N) is 1. The van der Waals surface area contributed by atoms with Crippen LogP contribution in [0.1, 0.15) is 12.1 Å². The molecule has 1 amide bonds. The summed E-state index contributed by atoms with van der Waals surface area (Å²) in [4.78, 5) is 13.4. The second kappa shape index (κ2) is 8.23. The van der Waals surface area contributed by atoms with Gasteiger partial charge in [0.15, 0.2) is 0 Å². The van der Waals surface area contributed by atoms with Gasteiger partial charge < -0.3 is 5.32 Å². The first-order valence-corrected chi connectivity index (χ1v) is 9.28. The number of rotatable bonds is 6. The Balaban J connectivity index is 1.59. The molecule has 1 aromatic heterocycles. The molecule has 0 aliphatic carbocycles. The number of halogens is 1. The van der Waals surface area contributed by atoms with E-state index in [4.69, 9.17) is 11.6 Å². The molecular weight excluding hydrogens is 354 g/mol. The van der Waals surface area contributed by atoms with Crippen molar-refractivity contribution in [3.63, 3.8) is 0 Å². The first kappa shape index (κ1) is 17.6. The number of aromatic nitrogens is 2. The lowest BCUT2D eigenvalue weighted by atomic mass is 10.3. The molecule has 0 saturated heterocycles. The first-order valence-electron chi connectivity index (χ1n) is 7.92. The number of hydrogen-bond acceptors (Lipinski definition) is 3. The molecule has 4 nitrogen and oxygen atoms in total. The fraction of sp³-hybridized carbons (Fsp3) is 0.158. The van der Waals surface area contributed by atoms with Gasteiger partial charge in [-0.05, 0) is 43.3 Å². The zero-order valence-corrected chi connectivity index (χ0v) is 15.3. The van der Waals surface area contributed by atoms with Crippen LogP contribution in [-0.4, -0.2) is 21.4 Å². The normalized spacial score (nSPS) is 10.6. The molecule has 0 aliphatic heterocycles. The molecule has 0 aliphatic rings. The molecule has 0 saturated carbocycles. The maximum absolute atomic E-state index is 12.3. The van der Waals surface area contributed by atoms with Gasteiger partial charge in [0.2, 0.25) is 5.91 Å². The fourth-order valence-electron chi connectivity index (χ4n) is 2.35. The van der Waals surface area contributed by atoms with Gasteiger partial charge in [0.05, 0.1) is 11.4 Å². The van der Waals surface area contributed by atoms with Crippen LogP contribution in [0, 0.1) is 6.92 Å². The van der Waals surface area contributed by atoms with E-state index < -0.39 is 0 Å². The highest BCUT2D eigenvalue weighted by molar-refractivity contribution is 7.99. The van der Waals surface area contributed by atoms with Crippen molar-refractivity contribution in [2.45, 2.75) is 18.2 Å². The monoisotopic (exact) mass is 371 g/mol. The van der Waals surface area contributed by atoms with Gasteiger partial charge in [-0.2, -0.15) is 5.10 Å². The van der Waals surface area contributed by atoms with Gasteiger partial charge in [-0.25, -0.2) is 4.68 Å². The number of thioether (sulfide) groups is 1. The van der Waals surface area contributed by atoms with Crippen LogP contribution in [0.5, 0.6) is 0 Å². The largest absolute Gasteiger partial charge is 0.311 e. The Morgan fingerprint density at radius 3 is 2.60 bits per heavy atom. The van der Waals surface area contributed by atoms with Crippen molar-refractivity contribution in [1.29, 1.82) is 0 Å². The summed E-state index contributed by atoms with van der Waals surface area (Å²) in [6.45, 7) is 1.91. The third-order valence-electron chi connectivity index (χ3n) is 3.51. The highest BCUT2D eigenvalue weighted by Crippen LogP contribution is 2.22. The van der Waals surface area contributed by atoms with Crippen LogP contribution in [-0.2, 0) is 4.79 Å². The van der Waals surface area contributed by atoms with Crippen LogP contribution in [0.3, 0.4) is 0 Å². The zero-order valence-electron chi connectivity index (χ0n) is 13.8. The zero-order chi connectivity index (χ0) is 17.6. The number of hydrogen-bond donors (Lipinski definition) is 1. The number of benzene rings is 2. The van der Waals surface area contributed by atoms with E-state index >= 15 is 0 Å². The quantitative estimate of drug-likeness (QED) is 0.623. The standard InChI is InChI=1S/C19H18ClN3OS/c1-14-13-18(23(22-14)16-5-3-2-4-6-16)21-19(24)11-12-25-17-9-7-15(20)8-10-17/h2-10,13H,11-12H2,1H3,(H,21,24). The third kappa shape index (κ3) is 4.87. The van der Waals surface area contributed by atoms with Crippen molar-refractivity contribution in [2.24, 2.45) is 0 Å². The number of nitrogens with zero attached hydrogens (tertiary/aromatic N) is 2. The summed E-state index contributed by atoms with van der Waals surface area (Å²) in [7, 11) is 0. The molecule has 0 spiro atoms. The molecule has 1 N–H and O–H groups in total. The topological polar surface area (TPSA) is 46.9 Å². The third-order valence-corrected chi connectivity index (χ3v) is 4.78. The summed E-state index contributed by atoms with van der Waals surface area (Å²) in [6.07, 6.45) is 0.423. The van der Waals surface area contributed by atoms with E-state index in [9.17, 15) is 4.79 Å². The maximum atomic E-state index is 12.3. The maximum Gasteiger partial charge on any atom is 0.226 e. The minimum absolute atomic E-state index is 0.0291. The van der Waals surface area contributed by atoms with E-state index in [-0.39, 0.29) is 5.91 Å². The minimum atomic E-state index is -0.0291. The predicted octanol–water partition coefficient (Wildman–Crippen LogP) is 4.96. The van der Waals surface area contributed by atoms with Crippen molar-refractivity contribution in [2.75, 3.05) is 11.1 Å². The van der Waals surface area contributed by atoms with Crippen molar-refractivity contribution < 1.29 is 4.79 Å². The summed E-state index contributed by atoms with van der Waals surface area (Å²) >= 11 is 7.50. The number of carbonyl (C=O) groups is 1. The summed E-state index contributed by atoms with van der Waals surface area (Å²) in [5.41, 5.74) is 1.77. The Kier molecular flexibility index (Phi) is 5.79. The second-order valence-corrected chi connectivity index (χ2v) is 7.12. The van der Waals surface area contributed by atoms with Crippen molar-refractivity contribution in [3.05, 3.63) is 71.4 Å². The average Bonchev–Trinajstić information content (AvgIpc) is 2.97. The SMILES string of the molecule is Cc1cc(NC(=O)CCSc2ccc(Cl)cc2)n(-c2ccccc2)n1. The van der Waals surface area contributed by atoms with Gasteiger partial charge in [0.25, 0.3) is 0 Å². The Labute approximate surface area is 156 Å². The fourth-order valence-corrected chi connectivity index (χ4v) is 3.33. The second-order valence-electron chi connectivity index (χ2n) is 5.52. The molecule has 0 radical (unpaired) electrons. The van der Waals surface area contributed by atoms with Crippen LogP contribution in [0.4, 0.5) is 5.82 Å². The van der Waals surface area contributed by atoms with Gasteiger partial charge in [-0.1, -0.05) is 29.8 Å². The Hall–Kier alpha value is -2.24. The molecular formula is C19H18ClN3OS. The van der Waals surface area contributed by atoms with Crippen LogP contribution < -0.4 is 5.32 Å². The van der Waals surface area contributed by atoms with Crippen molar-refractivity contribution in [3.8, 4) is 5.69 Å². The lowest BCUT2D eigenvalue weighted by Gasteiger charge is -2.09. The number of anilines is 1. The van der Waals surface area contributed by atoms with E-state index in [0.717, 1.165) is 16.3 Å². The highest BCUT2D eigenvalue weighted by atomic mass is 35.5. The molecule has 0 bridgehead atoms. The number of aryl methyl sites for hydroxylation is 1. The molecule has 3 aromatic rings. The molecule has 3 rings (SSSR count). The summed E-state index contributed by atoms with van der Waals surface area (Å²) in [6, 6.07) is 19.2. The number of amides is 1. The van der Waals surface area contributed by atoms with Gasteiger partial charge >= 0.3 is 0 Å². The van der Waals surface area contributed by atoms with E-state index in [2.05, 4.69) is 10.4 Å². The molecule has 1 heterocycles. The predicted molar refractivity (Wildman–Crippen MR) is 104 cm³/mol. The Morgan fingerprint density at radius 1 is 1.16 bits per heavy atom. The van der Waals surface area contributed by atoms with Crippen LogP contribution >= 0.6 is 23.4 Å². The Morgan fingerprint density at radius 2 is 1.88 bits per heavy atom. The summed E-state index contributed by atoms with van der Waals surface area (Å²) in [5, 5.41) is 8.12. The molecule has 25 heavy (non-hydrogen) atoms. The van der Waals surface area contributed by atoms with Crippen LogP contribution in [0.25, 0.3) is 5.69 Å². The first-order chi connectivity index (χ1) is 12.1. The average molecular weight is 372 g/mol. The molecule has 0 unspecified atom stereocenters. The summed E-state index contributed by atoms with van der Waals surface area (Å²) < 4.78 is 1.75. The van der Waals surface area contributed by atoms with Gasteiger partial charge in [-0.15, -0.1) is 11.8 Å². The molecule has 0 fully saturated rings. The molecule has 0 atom stereocenters. The summed E-state index contributed by atoms with van der Waals surface area (Å²) in [5.74, 6) is 1.36. The molecule has 6 heteroatoms. The lowest BCUT2D eigenvalue weighted by Crippen LogP contribution is -2.15. The van der Waals surface area contributed by atoms with E-state index in [1.165, 1.54) is 0 Å².